The summed E-state index contributed by atoms with van der Waals surface area (Å²) in [6, 6.07) is 0. The van der Waals surface area contributed by atoms with Crippen molar-refractivity contribution < 1.29 is 5.11 Å². The molecular weight excluding hydrogens is 218 g/mol. The van der Waals surface area contributed by atoms with Crippen LogP contribution in [0.1, 0.15) is 12.8 Å². The first-order chi connectivity index (χ1) is 8.24. The third-order valence-electron chi connectivity index (χ3n) is 3.30. The molecule has 0 unspecified atom stereocenters. The number of aliphatic hydroxyl groups is 1. The molecule has 2 aromatic heterocycles. The molecule has 3 rings (SSSR count). The van der Waals surface area contributed by atoms with Crippen molar-refractivity contribution in [3.8, 4) is 0 Å². The van der Waals surface area contributed by atoms with E-state index in [1.54, 1.807) is 17.2 Å². The third kappa shape index (κ3) is 1.84. The Kier molecular flexibility index (Phi) is 2.44. The zero-order chi connectivity index (χ0) is 11.8. The van der Waals surface area contributed by atoms with Crippen molar-refractivity contribution >= 4 is 16.9 Å². The maximum atomic E-state index is 9.22. The second kappa shape index (κ2) is 3.96. The molecule has 1 aliphatic rings. The highest BCUT2D eigenvalue weighted by molar-refractivity contribution is 5.85. The Morgan fingerprint density at radius 2 is 2.29 bits per heavy atom. The molecular formula is C11H15N5O. The van der Waals surface area contributed by atoms with Crippen LogP contribution in [0, 0.1) is 5.92 Å². The van der Waals surface area contributed by atoms with Gasteiger partial charge in [-0.25, -0.2) is 9.97 Å². The molecule has 6 heteroatoms. The topological polar surface area (TPSA) is 75.9 Å². The maximum absolute atomic E-state index is 9.22. The van der Waals surface area contributed by atoms with E-state index >= 15 is 0 Å². The monoisotopic (exact) mass is 233 g/mol. The molecule has 90 valence electrons. The summed E-state index contributed by atoms with van der Waals surface area (Å²) >= 11 is 0. The van der Waals surface area contributed by atoms with Gasteiger partial charge in [-0.2, -0.15) is 5.10 Å². The van der Waals surface area contributed by atoms with Crippen molar-refractivity contribution in [2.24, 2.45) is 13.0 Å². The predicted molar refractivity (Wildman–Crippen MR) is 63.5 cm³/mol. The number of aromatic nitrogens is 4. The van der Waals surface area contributed by atoms with Crippen molar-refractivity contribution in [3.05, 3.63) is 12.5 Å². The normalized spacial score (nSPS) is 23.6. The van der Waals surface area contributed by atoms with E-state index in [4.69, 9.17) is 0 Å². The molecule has 0 amide bonds. The first-order valence-electron chi connectivity index (χ1n) is 5.78. The van der Waals surface area contributed by atoms with Crippen LogP contribution in [0.15, 0.2) is 12.5 Å². The largest absolute Gasteiger partial charge is 0.393 e. The van der Waals surface area contributed by atoms with Crippen molar-refractivity contribution in [1.82, 2.24) is 19.7 Å². The number of nitrogens with one attached hydrogen (secondary N) is 1. The molecule has 2 heterocycles. The van der Waals surface area contributed by atoms with E-state index in [-0.39, 0.29) is 6.10 Å². The summed E-state index contributed by atoms with van der Waals surface area (Å²) in [7, 11) is 1.86. The molecule has 0 aromatic carbocycles. The molecule has 1 fully saturated rings. The van der Waals surface area contributed by atoms with Crippen LogP contribution in [0.4, 0.5) is 5.82 Å². The quantitative estimate of drug-likeness (QED) is 0.809. The Morgan fingerprint density at radius 3 is 3.06 bits per heavy atom. The van der Waals surface area contributed by atoms with Gasteiger partial charge in [-0.3, -0.25) is 4.68 Å². The fourth-order valence-electron chi connectivity index (χ4n) is 2.21. The minimum Gasteiger partial charge on any atom is -0.393 e. The lowest BCUT2D eigenvalue weighted by molar-refractivity contribution is 0.0486. The van der Waals surface area contributed by atoms with Crippen LogP contribution in [-0.2, 0) is 7.05 Å². The average Bonchev–Trinajstić information content (AvgIpc) is 2.66. The Balaban J connectivity index is 1.76. The van der Waals surface area contributed by atoms with Gasteiger partial charge in [-0.1, -0.05) is 0 Å². The minimum absolute atomic E-state index is 0.106. The summed E-state index contributed by atoms with van der Waals surface area (Å²) in [6.45, 7) is 0.845. The van der Waals surface area contributed by atoms with Crippen molar-refractivity contribution in [2.75, 3.05) is 11.9 Å². The summed E-state index contributed by atoms with van der Waals surface area (Å²) in [5, 5.41) is 17.6. The van der Waals surface area contributed by atoms with E-state index in [9.17, 15) is 5.11 Å². The van der Waals surface area contributed by atoms with Crippen LogP contribution in [0.5, 0.6) is 0 Å². The van der Waals surface area contributed by atoms with Crippen LogP contribution in [0.25, 0.3) is 11.0 Å². The number of anilines is 1. The SMILES string of the molecule is Cn1ncc2c(NCC3CC(O)C3)ncnc21. The highest BCUT2D eigenvalue weighted by Crippen LogP contribution is 2.27. The van der Waals surface area contributed by atoms with Gasteiger partial charge in [0.25, 0.3) is 0 Å². The smallest absolute Gasteiger partial charge is 0.163 e. The molecule has 1 saturated carbocycles. The van der Waals surface area contributed by atoms with Gasteiger partial charge in [0.15, 0.2) is 5.65 Å². The fraction of sp³-hybridized carbons (Fsp3) is 0.545. The molecule has 0 bridgehead atoms. The minimum atomic E-state index is -0.106. The van der Waals surface area contributed by atoms with E-state index in [1.807, 2.05) is 7.05 Å². The van der Waals surface area contributed by atoms with E-state index in [0.717, 1.165) is 36.2 Å². The molecule has 0 atom stereocenters. The van der Waals surface area contributed by atoms with E-state index in [1.165, 1.54) is 0 Å². The first-order valence-corrected chi connectivity index (χ1v) is 5.78. The summed E-state index contributed by atoms with van der Waals surface area (Å²) in [5.41, 5.74) is 0.830. The second-order valence-electron chi connectivity index (χ2n) is 4.60. The van der Waals surface area contributed by atoms with Crippen LogP contribution in [0.2, 0.25) is 0 Å². The van der Waals surface area contributed by atoms with Crippen molar-refractivity contribution in [1.29, 1.82) is 0 Å². The van der Waals surface area contributed by atoms with Gasteiger partial charge in [0.2, 0.25) is 0 Å². The number of hydrogen-bond acceptors (Lipinski definition) is 5. The highest BCUT2D eigenvalue weighted by Gasteiger charge is 2.26. The van der Waals surface area contributed by atoms with E-state index < -0.39 is 0 Å². The van der Waals surface area contributed by atoms with Gasteiger partial charge in [-0.05, 0) is 18.8 Å². The molecule has 0 radical (unpaired) electrons. The Labute approximate surface area is 98.7 Å². The lowest BCUT2D eigenvalue weighted by atomic mass is 9.82. The zero-order valence-corrected chi connectivity index (χ0v) is 9.67. The molecule has 1 aliphatic carbocycles. The van der Waals surface area contributed by atoms with Gasteiger partial charge in [0.05, 0.1) is 17.7 Å². The predicted octanol–water partition coefficient (Wildman–Crippen LogP) is 0.546. The molecule has 17 heavy (non-hydrogen) atoms. The standard InChI is InChI=1S/C11H15N5O/c1-16-11-9(5-15-16)10(13-6-14-11)12-4-7-2-8(17)3-7/h5-8,17H,2-4H2,1H3,(H,12,13,14). The Morgan fingerprint density at radius 1 is 1.47 bits per heavy atom. The number of hydrogen-bond donors (Lipinski definition) is 2. The fourth-order valence-corrected chi connectivity index (χ4v) is 2.21. The molecule has 0 saturated heterocycles. The highest BCUT2D eigenvalue weighted by atomic mass is 16.3. The summed E-state index contributed by atoms with van der Waals surface area (Å²) in [5.74, 6) is 1.37. The molecule has 2 aromatic rings. The van der Waals surface area contributed by atoms with Crippen LogP contribution >= 0.6 is 0 Å². The Hall–Kier alpha value is -1.69. The molecule has 0 aliphatic heterocycles. The third-order valence-corrected chi connectivity index (χ3v) is 3.30. The van der Waals surface area contributed by atoms with E-state index in [0.29, 0.717) is 5.92 Å². The lowest BCUT2D eigenvalue weighted by Crippen LogP contribution is -2.33. The molecule has 2 N–H and O–H groups in total. The second-order valence-corrected chi connectivity index (χ2v) is 4.60. The summed E-state index contributed by atoms with van der Waals surface area (Å²) < 4.78 is 1.73. The summed E-state index contributed by atoms with van der Waals surface area (Å²) in [6.07, 6.45) is 4.98. The van der Waals surface area contributed by atoms with Crippen molar-refractivity contribution in [3.63, 3.8) is 0 Å². The maximum Gasteiger partial charge on any atom is 0.163 e. The molecule has 6 nitrogen and oxygen atoms in total. The van der Waals surface area contributed by atoms with Crippen LogP contribution in [-0.4, -0.2) is 37.5 Å². The van der Waals surface area contributed by atoms with Gasteiger partial charge in [0, 0.05) is 13.6 Å². The van der Waals surface area contributed by atoms with Gasteiger partial charge in [0.1, 0.15) is 12.1 Å². The number of rotatable bonds is 3. The number of aliphatic hydroxyl groups excluding tert-OH is 1. The summed E-state index contributed by atoms with van der Waals surface area (Å²) in [4.78, 5) is 8.42. The van der Waals surface area contributed by atoms with Crippen molar-refractivity contribution in [2.45, 2.75) is 18.9 Å². The van der Waals surface area contributed by atoms with Gasteiger partial charge in [-0.15, -0.1) is 0 Å². The number of fused-ring (bicyclic) bond motifs is 1. The first kappa shape index (κ1) is 10.5. The van der Waals surface area contributed by atoms with E-state index in [2.05, 4.69) is 20.4 Å². The van der Waals surface area contributed by atoms with Crippen LogP contribution < -0.4 is 5.32 Å². The zero-order valence-electron chi connectivity index (χ0n) is 9.67. The number of aryl methyl sites for hydroxylation is 1. The molecule has 0 spiro atoms. The van der Waals surface area contributed by atoms with Crippen LogP contribution in [0.3, 0.4) is 0 Å². The lowest BCUT2D eigenvalue weighted by Gasteiger charge is -2.31. The Bertz CT molecular complexity index is 532. The van der Waals surface area contributed by atoms with Gasteiger partial charge < -0.3 is 10.4 Å². The average molecular weight is 233 g/mol. The van der Waals surface area contributed by atoms with Gasteiger partial charge >= 0.3 is 0 Å². The number of nitrogens with zero attached hydrogens (tertiary/aromatic N) is 4.